The van der Waals surface area contributed by atoms with Crippen LogP contribution < -0.4 is 5.73 Å². The Balaban J connectivity index is 2.54. The molecule has 1 heteroatoms. The summed E-state index contributed by atoms with van der Waals surface area (Å²) in [6.07, 6.45) is 4.52. The Kier molecular flexibility index (Phi) is 3.74. The first-order valence-corrected chi connectivity index (χ1v) is 4.52. The van der Waals surface area contributed by atoms with E-state index >= 15 is 0 Å². The van der Waals surface area contributed by atoms with E-state index in [-0.39, 0.29) is 0 Å². The third-order valence-electron chi connectivity index (χ3n) is 1.81. The van der Waals surface area contributed by atoms with Gasteiger partial charge in [-0.2, -0.15) is 0 Å². The average molecular weight is 185 g/mol. The van der Waals surface area contributed by atoms with Crippen LogP contribution in [0.1, 0.15) is 5.56 Å². The quantitative estimate of drug-likeness (QED) is 0.717. The Bertz CT molecular complexity index is 347. The second-order valence-corrected chi connectivity index (χ2v) is 3.23. The number of nitrogens with two attached hydrogens (primary N) is 1. The lowest BCUT2D eigenvalue weighted by Crippen LogP contribution is -1.90. The maximum absolute atomic E-state index is 5.41. The minimum absolute atomic E-state index is 0.555. The zero-order valence-corrected chi connectivity index (χ0v) is 8.24. The van der Waals surface area contributed by atoms with E-state index in [0.717, 1.165) is 12.0 Å². The van der Waals surface area contributed by atoms with Crippen LogP contribution in [0.4, 0.5) is 0 Å². The number of benzene rings is 1. The summed E-state index contributed by atoms with van der Waals surface area (Å²) in [5, 5.41) is 0. The van der Waals surface area contributed by atoms with Crippen LogP contribution in [0.3, 0.4) is 0 Å². The fraction of sp³-hybridized carbons (Fsp3) is 0.0769. The van der Waals surface area contributed by atoms with Crippen LogP contribution in [-0.4, -0.2) is 0 Å². The topological polar surface area (TPSA) is 26.0 Å². The van der Waals surface area contributed by atoms with E-state index in [1.165, 1.54) is 5.56 Å². The van der Waals surface area contributed by atoms with E-state index in [1.54, 1.807) is 6.08 Å². The number of rotatable bonds is 4. The maximum Gasteiger partial charge on any atom is 0.0241 e. The Hall–Kier alpha value is -1.76. The Labute approximate surface area is 85.3 Å². The molecule has 1 nitrogen and oxygen atoms in total. The van der Waals surface area contributed by atoms with Crippen LogP contribution in [0, 0.1) is 0 Å². The largest absolute Gasteiger partial charge is 0.399 e. The van der Waals surface area contributed by atoms with Crippen molar-refractivity contribution in [2.45, 2.75) is 6.42 Å². The zero-order valence-electron chi connectivity index (χ0n) is 8.24. The molecule has 1 aromatic rings. The molecule has 14 heavy (non-hydrogen) atoms. The standard InChI is InChI=1S/C13H15N/c1-11(8-9-12(2)14)10-13-6-4-3-5-7-13/h3-9H,1-2,10,14H2/b9-8-. The lowest BCUT2D eigenvalue weighted by molar-refractivity contribution is 1.20. The predicted molar refractivity (Wildman–Crippen MR) is 61.8 cm³/mol. The van der Waals surface area contributed by atoms with Gasteiger partial charge in [-0.25, -0.2) is 0 Å². The Morgan fingerprint density at radius 1 is 1.14 bits per heavy atom. The van der Waals surface area contributed by atoms with Crippen LogP contribution in [0.15, 0.2) is 66.9 Å². The summed E-state index contributed by atoms with van der Waals surface area (Å²) in [7, 11) is 0. The van der Waals surface area contributed by atoms with Crippen LogP contribution in [0.5, 0.6) is 0 Å². The predicted octanol–water partition coefficient (Wildman–Crippen LogP) is 2.81. The number of allylic oxidation sites excluding steroid dienone is 3. The molecular formula is C13H15N. The van der Waals surface area contributed by atoms with Gasteiger partial charge in [-0.1, -0.05) is 55.1 Å². The molecular weight excluding hydrogens is 170 g/mol. The normalized spacial score (nSPS) is 10.3. The van der Waals surface area contributed by atoms with E-state index in [9.17, 15) is 0 Å². The summed E-state index contributed by atoms with van der Waals surface area (Å²) in [6, 6.07) is 10.2. The Morgan fingerprint density at radius 2 is 1.79 bits per heavy atom. The van der Waals surface area contributed by atoms with Gasteiger partial charge in [0.25, 0.3) is 0 Å². The molecule has 0 fully saturated rings. The van der Waals surface area contributed by atoms with Crippen molar-refractivity contribution in [2.75, 3.05) is 0 Å². The summed E-state index contributed by atoms with van der Waals surface area (Å²) in [5.74, 6) is 0. The molecule has 0 saturated heterocycles. The molecule has 0 amide bonds. The molecule has 0 saturated carbocycles. The highest BCUT2D eigenvalue weighted by Crippen LogP contribution is 2.07. The van der Waals surface area contributed by atoms with Crippen molar-refractivity contribution in [3.63, 3.8) is 0 Å². The molecule has 2 N–H and O–H groups in total. The van der Waals surface area contributed by atoms with Gasteiger partial charge < -0.3 is 5.73 Å². The van der Waals surface area contributed by atoms with Gasteiger partial charge in [0.05, 0.1) is 0 Å². The monoisotopic (exact) mass is 185 g/mol. The third kappa shape index (κ3) is 3.76. The minimum Gasteiger partial charge on any atom is -0.399 e. The molecule has 0 aliphatic carbocycles. The second kappa shape index (κ2) is 5.07. The highest BCUT2D eigenvalue weighted by Gasteiger charge is 1.92. The Morgan fingerprint density at radius 3 is 2.36 bits per heavy atom. The van der Waals surface area contributed by atoms with E-state index in [0.29, 0.717) is 5.70 Å². The lowest BCUT2D eigenvalue weighted by atomic mass is 10.1. The summed E-state index contributed by atoms with van der Waals surface area (Å²) in [4.78, 5) is 0. The molecule has 72 valence electrons. The molecule has 1 rings (SSSR count). The average Bonchev–Trinajstić information content (AvgIpc) is 2.16. The van der Waals surface area contributed by atoms with Gasteiger partial charge >= 0.3 is 0 Å². The number of hydrogen-bond donors (Lipinski definition) is 1. The first kappa shape index (κ1) is 10.3. The van der Waals surface area contributed by atoms with Gasteiger partial charge in [0.15, 0.2) is 0 Å². The summed E-state index contributed by atoms with van der Waals surface area (Å²) >= 11 is 0. The van der Waals surface area contributed by atoms with Gasteiger partial charge in [0.2, 0.25) is 0 Å². The molecule has 0 aliphatic heterocycles. The van der Waals surface area contributed by atoms with Gasteiger partial charge in [0, 0.05) is 5.70 Å². The van der Waals surface area contributed by atoms with Crippen molar-refractivity contribution < 1.29 is 0 Å². The van der Waals surface area contributed by atoms with Crippen LogP contribution in [0.2, 0.25) is 0 Å². The molecule has 0 spiro atoms. The van der Waals surface area contributed by atoms with Crippen molar-refractivity contribution in [1.82, 2.24) is 0 Å². The number of hydrogen-bond acceptors (Lipinski definition) is 1. The fourth-order valence-corrected chi connectivity index (χ4v) is 1.14. The van der Waals surface area contributed by atoms with Crippen LogP contribution in [0.25, 0.3) is 0 Å². The molecule has 0 unspecified atom stereocenters. The zero-order chi connectivity index (χ0) is 10.4. The highest BCUT2D eigenvalue weighted by atomic mass is 14.5. The molecule has 0 aromatic heterocycles. The van der Waals surface area contributed by atoms with Gasteiger partial charge in [-0.15, -0.1) is 0 Å². The SMILES string of the molecule is C=C(N)/C=C\C(=C)Cc1ccccc1. The molecule has 1 aromatic carbocycles. The smallest absolute Gasteiger partial charge is 0.0241 e. The van der Waals surface area contributed by atoms with Gasteiger partial charge in [0.1, 0.15) is 0 Å². The summed E-state index contributed by atoms with van der Waals surface area (Å²) in [5.41, 5.74) is 8.25. The fourth-order valence-electron chi connectivity index (χ4n) is 1.14. The third-order valence-corrected chi connectivity index (χ3v) is 1.81. The first-order chi connectivity index (χ1) is 6.68. The maximum atomic E-state index is 5.41. The van der Waals surface area contributed by atoms with Crippen molar-refractivity contribution >= 4 is 0 Å². The molecule has 0 atom stereocenters. The van der Waals surface area contributed by atoms with Crippen molar-refractivity contribution in [3.8, 4) is 0 Å². The van der Waals surface area contributed by atoms with Crippen LogP contribution in [-0.2, 0) is 6.42 Å². The highest BCUT2D eigenvalue weighted by molar-refractivity contribution is 5.28. The lowest BCUT2D eigenvalue weighted by Gasteiger charge is -2.00. The minimum atomic E-state index is 0.555. The van der Waals surface area contributed by atoms with Crippen molar-refractivity contribution in [2.24, 2.45) is 5.73 Å². The second-order valence-electron chi connectivity index (χ2n) is 3.23. The first-order valence-electron chi connectivity index (χ1n) is 4.52. The van der Waals surface area contributed by atoms with E-state index in [1.807, 2.05) is 24.3 Å². The molecule has 0 bridgehead atoms. The van der Waals surface area contributed by atoms with Gasteiger partial charge in [-0.05, 0) is 18.1 Å². The van der Waals surface area contributed by atoms with Gasteiger partial charge in [-0.3, -0.25) is 0 Å². The summed E-state index contributed by atoms with van der Waals surface area (Å²) in [6.45, 7) is 7.52. The van der Waals surface area contributed by atoms with E-state index in [4.69, 9.17) is 5.73 Å². The molecule has 0 aliphatic rings. The van der Waals surface area contributed by atoms with E-state index < -0.39 is 0 Å². The molecule has 0 heterocycles. The van der Waals surface area contributed by atoms with E-state index in [2.05, 4.69) is 25.3 Å². The molecule has 0 radical (unpaired) electrons. The van der Waals surface area contributed by atoms with Crippen LogP contribution >= 0.6 is 0 Å². The van der Waals surface area contributed by atoms with Crippen molar-refractivity contribution in [1.29, 1.82) is 0 Å². The van der Waals surface area contributed by atoms with Crippen molar-refractivity contribution in [3.05, 3.63) is 72.5 Å². The summed E-state index contributed by atoms with van der Waals surface area (Å²) < 4.78 is 0.